The Morgan fingerprint density at radius 3 is 1.20 bits per heavy atom. The zero-order valence-corrected chi connectivity index (χ0v) is 35.7. The third kappa shape index (κ3) is 6.40. The van der Waals surface area contributed by atoms with E-state index in [9.17, 15) is 0 Å². The molecule has 0 saturated carbocycles. The lowest BCUT2D eigenvalue weighted by atomic mass is 9.97. The van der Waals surface area contributed by atoms with Gasteiger partial charge in [-0.25, -0.2) is 0 Å². The predicted molar refractivity (Wildman–Crippen MR) is 240 cm³/mol. The van der Waals surface area contributed by atoms with E-state index < -0.39 is 7.14 Å². The van der Waals surface area contributed by atoms with Gasteiger partial charge in [0.1, 0.15) is 34.5 Å². The summed E-state index contributed by atoms with van der Waals surface area (Å²) >= 11 is 0. The largest absolute Gasteiger partial charge is 0.496 e. The molecule has 0 aliphatic heterocycles. The summed E-state index contributed by atoms with van der Waals surface area (Å²) in [7, 11) is 6.09. The highest BCUT2D eigenvalue weighted by Gasteiger charge is 2.42. The van der Waals surface area contributed by atoms with Crippen LogP contribution in [-0.4, -0.2) is 42.7 Å². The summed E-state index contributed by atoms with van der Waals surface area (Å²) in [6.45, 7) is 0. The van der Waals surface area contributed by atoms with Crippen molar-refractivity contribution >= 4 is 23.1 Å². The molecule has 8 heteroatoms. The van der Waals surface area contributed by atoms with E-state index in [2.05, 4.69) is 72.8 Å². The molecule has 0 unspecified atom stereocenters. The van der Waals surface area contributed by atoms with Crippen molar-refractivity contribution in [3.05, 3.63) is 172 Å². The van der Waals surface area contributed by atoms with E-state index in [1.165, 1.54) is 11.1 Å². The molecule has 0 bridgehead atoms. The second-order valence-corrected chi connectivity index (χ2v) is 17.8. The molecule has 0 atom stereocenters. The van der Waals surface area contributed by atoms with Crippen LogP contribution < -0.4 is 44.3 Å². The Kier molecular flexibility index (Phi) is 10.4. The number of hydrogen-bond donors (Lipinski definition) is 0. The summed E-state index contributed by atoms with van der Waals surface area (Å²) in [4.78, 5) is 0. The zero-order valence-electron chi connectivity index (χ0n) is 34.8. The maximum Gasteiger partial charge on any atom is 0.172 e. The van der Waals surface area contributed by atoms with Gasteiger partial charge in [-0.1, -0.05) is 103 Å². The second kappa shape index (κ2) is 16.0. The fourth-order valence-electron chi connectivity index (χ4n) is 9.45. The molecule has 7 aromatic rings. The van der Waals surface area contributed by atoms with Crippen molar-refractivity contribution in [1.29, 1.82) is 0 Å². The first-order chi connectivity index (χ1) is 29.3. The Morgan fingerprint density at radius 2 is 0.817 bits per heavy atom. The van der Waals surface area contributed by atoms with Crippen molar-refractivity contribution in [2.45, 2.75) is 25.7 Å². The highest BCUT2D eigenvalue weighted by Crippen LogP contribution is 2.54. The van der Waals surface area contributed by atoms with Gasteiger partial charge in [0, 0.05) is 64.1 Å². The van der Waals surface area contributed by atoms with Gasteiger partial charge in [0.05, 0.1) is 42.7 Å². The summed E-state index contributed by atoms with van der Waals surface area (Å²) in [6.07, 6.45) is 2.09. The van der Waals surface area contributed by atoms with Gasteiger partial charge in [-0.05, 0) is 68.5 Å². The topological polar surface area (TPSA) is 72.5 Å². The molecule has 0 N–H and O–H groups in total. The summed E-state index contributed by atoms with van der Waals surface area (Å²) < 4.78 is 53.3. The standard InChI is InChI=1S/C52H47O7P/c1-54-36-28-47(56-3)45(48(29-36)57-4)26-34-20-22-41-39-18-12-10-14-32(39)24-43(41)51(34)60(53,38-16-8-7-9-17-38)52-35(21-23-42-40-19-13-11-15-33(40)25-44(42)52)27-46-49(58-5)30-37(55-2)31-50(46)59-6/h7-23,28-31H,24-27H2,1-6H3. The van der Waals surface area contributed by atoms with Crippen LogP contribution in [0.2, 0.25) is 0 Å². The maximum atomic E-state index is 17.9. The monoisotopic (exact) mass is 814 g/mol. The number of benzene rings is 7. The Labute approximate surface area is 351 Å². The molecule has 0 heterocycles. The van der Waals surface area contributed by atoms with E-state index in [-0.39, 0.29) is 0 Å². The fraction of sp³-hybridized carbons (Fsp3) is 0.192. The van der Waals surface area contributed by atoms with Gasteiger partial charge in [-0.15, -0.1) is 0 Å². The Balaban J connectivity index is 1.39. The Hall–Kier alpha value is -6.43. The molecule has 0 aromatic heterocycles. The Bertz CT molecular complexity index is 2610. The van der Waals surface area contributed by atoms with Crippen molar-refractivity contribution < 1.29 is 33.0 Å². The molecule has 7 aromatic carbocycles. The van der Waals surface area contributed by atoms with Gasteiger partial charge in [0.2, 0.25) is 0 Å². The van der Waals surface area contributed by atoms with E-state index >= 15 is 4.57 Å². The van der Waals surface area contributed by atoms with Crippen LogP contribution in [0.3, 0.4) is 0 Å². The Morgan fingerprint density at radius 1 is 0.433 bits per heavy atom. The van der Waals surface area contributed by atoms with Gasteiger partial charge in [0.15, 0.2) is 7.14 Å². The van der Waals surface area contributed by atoms with Crippen LogP contribution in [-0.2, 0) is 30.2 Å². The van der Waals surface area contributed by atoms with Gasteiger partial charge in [-0.3, -0.25) is 0 Å². The molecule has 2 aliphatic rings. The maximum absolute atomic E-state index is 17.9. The highest BCUT2D eigenvalue weighted by molar-refractivity contribution is 7.85. The van der Waals surface area contributed by atoms with Crippen LogP contribution in [0.15, 0.2) is 127 Å². The molecule has 7 nitrogen and oxygen atoms in total. The second-order valence-electron chi connectivity index (χ2n) is 15.2. The van der Waals surface area contributed by atoms with E-state index in [0.29, 0.717) is 60.2 Å². The van der Waals surface area contributed by atoms with Gasteiger partial charge < -0.3 is 33.0 Å². The fourth-order valence-corrected chi connectivity index (χ4v) is 13.1. The molecule has 0 fully saturated rings. The predicted octanol–water partition coefficient (Wildman–Crippen LogP) is 9.70. The highest BCUT2D eigenvalue weighted by atomic mass is 31.2. The minimum absolute atomic E-state index is 0.400. The molecule has 0 radical (unpaired) electrons. The zero-order chi connectivity index (χ0) is 41.5. The molecular weight excluding hydrogens is 768 g/mol. The first kappa shape index (κ1) is 39.1. The van der Waals surface area contributed by atoms with Crippen LogP contribution in [0.25, 0.3) is 22.3 Å². The molecular formula is C52H47O7P. The van der Waals surface area contributed by atoms with E-state index in [1.807, 2.05) is 54.6 Å². The molecule has 9 rings (SSSR count). The lowest BCUT2D eigenvalue weighted by molar-refractivity contribution is 0.369. The molecule has 0 amide bonds. The van der Waals surface area contributed by atoms with Crippen molar-refractivity contribution in [3.63, 3.8) is 0 Å². The lowest BCUT2D eigenvalue weighted by Gasteiger charge is -2.30. The summed E-state index contributed by atoms with van der Waals surface area (Å²) in [5.74, 6) is 3.77. The average molecular weight is 815 g/mol. The van der Waals surface area contributed by atoms with Crippen LogP contribution in [0, 0.1) is 0 Å². The minimum atomic E-state index is -3.80. The smallest absolute Gasteiger partial charge is 0.172 e. The first-order valence-corrected chi connectivity index (χ1v) is 21.8. The minimum Gasteiger partial charge on any atom is -0.496 e. The summed E-state index contributed by atoms with van der Waals surface area (Å²) in [5.41, 5.74) is 12.7. The summed E-state index contributed by atoms with van der Waals surface area (Å²) in [6, 6.07) is 43.4. The third-order valence-corrected chi connectivity index (χ3v) is 15.6. The van der Waals surface area contributed by atoms with E-state index in [1.54, 1.807) is 42.7 Å². The SMILES string of the molecule is COc1cc(OC)c(Cc2ccc3c(c2P(=O)(c2ccccc2)c2c(Cc4c(OC)cc(OC)cc4OC)ccc4c2Cc2ccccc2-4)Cc2ccccc2-3)c(OC)c1. The quantitative estimate of drug-likeness (QED) is 0.107. The molecule has 2 aliphatic carbocycles. The van der Waals surface area contributed by atoms with Crippen molar-refractivity contribution in [1.82, 2.24) is 0 Å². The number of hydrogen-bond acceptors (Lipinski definition) is 7. The molecule has 0 saturated heterocycles. The van der Waals surface area contributed by atoms with Crippen LogP contribution in [0.5, 0.6) is 34.5 Å². The van der Waals surface area contributed by atoms with Gasteiger partial charge >= 0.3 is 0 Å². The van der Waals surface area contributed by atoms with Gasteiger partial charge in [0.25, 0.3) is 0 Å². The van der Waals surface area contributed by atoms with Crippen LogP contribution in [0.1, 0.15) is 44.5 Å². The number of ether oxygens (including phenoxy) is 6. The van der Waals surface area contributed by atoms with Crippen molar-refractivity contribution in [2.24, 2.45) is 0 Å². The normalized spacial score (nSPS) is 12.2. The molecule has 60 heavy (non-hydrogen) atoms. The number of rotatable bonds is 13. The van der Waals surface area contributed by atoms with Gasteiger partial charge in [-0.2, -0.15) is 0 Å². The average Bonchev–Trinajstić information content (AvgIpc) is 3.87. The molecule has 0 spiro atoms. The number of fused-ring (bicyclic) bond motifs is 6. The van der Waals surface area contributed by atoms with Crippen molar-refractivity contribution in [3.8, 4) is 56.8 Å². The van der Waals surface area contributed by atoms with Crippen molar-refractivity contribution in [2.75, 3.05) is 42.7 Å². The first-order valence-electron chi connectivity index (χ1n) is 20.1. The van der Waals surface area contributed by atoms with Crippen LogP contribution >= 0.6 is 7.14 Å². The summed E-state index contributed by atoms with van der Waals surface area (Å²) in [5, 5.41) is 2.46. The molecule has 302 valence electrons. The van der Waals surface area contributed by atoms with E-state index in [0.717, 1.165) is 71.5 Å². The third-order valence-electron chi connectivity index (χ3n) is 12.2. The lowest BCUT2D eigenvalue weighted by Crippen LogP contribution is -2.34. The van der Waals surface area contributed by atoms with E-state index in [4.69, 9.17) is 28.4 Å². The number of methoxy groups -OCH3 is 6. The van der Waals surface area contributed by atoms with Crippen LogP contribution in [0.4, 0.5) is 0 Å².